The molecule has 0 atom stereocenters. The number of pyridine rings is 3. The molecule has 0 aromatic carbocycles. The highest BCUT2D eigenvalue weighted by molar-refractivity contribution is 5.99. The van der Waals surface area contributed by atoms with Crippen molar-refractivity contribution in [1.29, 1.82) is 0 Å². The molecule has 6 aromatic heterocycles. The van der Waals surface area contributed by atoms with Gasteiger partial charge in [0, 0.05) is 47.2 Å². The smallest absolute Gasteiger partial charge is 0.135 e. The Morgan fingerprint density at radius 2 is 1.86 bits per heavy atom. The molecular formula is C29H27N7O. The maximum absolute atomic E-state index is 5.29. The van der Waals surface area contributed by atoms with Gasteiger partial charge in [0.1, 0.15) is 11.2 Å². The molecule has 3 N–H and O–H groups in total. The molecule has 6 heterocycles. The molecular weight excluding hydrogens is 462 g/mol. The van der Waals surface area contributed by atoms with Gasteiger partial charge in [0.2, 0.25) is 0 Å². The van der Waals surface area contributed by atoms with Gasteiger partial charge in [-0.05, 0) is 61.2 Å². The minimum Gasteiger partial charge on any atom is -0.472 e. The SMILES string of the molecule is c1cc(-c2cncc3[nH]c(-c4n[nH]c5ccc(-c6cncc(CNCC7CCCC7)c6)nc45)cc23)co1. The third-order valence-electron chi connectivity index (χ3n) is 7.37. The number of H-pyrrole nitrogens is 2. The maximum atomic E-state index is 5.29. The van der Waals surface area contributed by atoms with Crippen molar-refractivity contribution >= 4 is 21.9 Å². The predicted octanol–water partition coefficient (Wildman–Crippen LogP) is 6.10. The van der Waals surface area contributed by atoms with E-state index in [-0.39, 0.29) is 0 Å². The van der Waals surface area contributed by atoms with Gasteiger partial charge < -0.3 is 14.7 Å². The number of aromatic amines is 2. The molecule has 1 aliphatic rings. The number of aromatic nitrogens is 6. The lowest BCUT2D eigenvalue weighted by Gasteiger charge is -2.11. The summed E-state index contributed by atoms with van der Waals surface area (Å²) in [6.07, 6.45) is 16.3. The summed E-state index contributed by atoms with van der Waals surface area (Å²) in [5, 5.41) is 12.4. The number of hydrogen-bond acceptors (Lipinski definition) is 6. The van der Waals surface area contributed by atoms with Crippen LogP contribution < -0.4 is 5.32 Å². The Hall–Kier alpha value is -4.30. The lowest BCUT2D eigenvalue weighted by molar-refractivity contribution is 0.489. The van der Waals surface area contributed by atoms with E-state index in [2.05, 4.69) is 42.6 Å². The molecule has 0 amide bonds. The van der Waals surface area contributed by atoms with Crippen LogP contribution in [0.15, 0.2) is 72.1 Å². The molecule has 1 fully saturated rings. The van der Waals surface area contributed by atoms with Crippen molar-refractivity contribution in [2.24, 2.45) is 5.92 Å². The van der Waals surface area contributed by atoms with Gasteiger partial charge in [-0.3, -0.25) is 15.1 Å². The summed E-state index contributed by atoms with van der Waals surface area (Å²) in [6.45, 7) is 1.90. The van der Waals surface area contributed by atoms with Gasteiger partial charge in [0.05, 0.1) is 41.1 Å². The molecule has 0 saturated heterocycles. The number of nitrogens with zero attached hydrogens (tertiary/aromatic N) is 4. The van der Waals surface area contributed by atoms with Gasteiger partial charge in [-0.15, -0.1) is 0 Å². The molecule has 6 aromatic rings. The predicted molar refractivity (Wildman–Crippen MR) is 144 cm³/mol. The normalized spacial score (nSPS) is 14.3. The second-order valence-corrected chi connectivity index (χ2v) is 9.87. The van der Waals surface area contributed by atoms with E-state index in [1.165, 1.54) is 31.2 Å². The fourth-order valence-corrected chi connectivity index (χ4v) is 5.43. The van der Waals surface area contributed by atoms with Crippen LogP contribution in [0.1, 0.15) is 31.2 Å². The standard InChI is InChI=1S/C29H27N7O/c1-2-4-18(3-1)11-30-12-19-9-21(14-31-13-19)24-5-6-25-28(34-24)29(36-35-25)26-10-22-23(20-7-8-37-17-20)15-32-16-27(22)33-26/h5-10,13-18,30,33H,1-4,11-12H2,(H,35,36). The highest BCUT2D eigenvalue weighted by Crippen LogP contribution is 2.34. The summed E-state index contributed by atoms with van der Waals surface area (Å²) in [4.78, 5) is 17.4. The van der Waals surface area contributed by atoms with E-state index in [0.29, 0.717) is 0 Å². The number of furan rings is 1. The number of nitrogens with one attached hydrogen (secondary N) is 3. The van der Waals surface area contributed by atoms with Crippen LogP contribution in [-0.4, -0.2) is 36.7 Å². The quantitative estimate of drug-likeness (QED) is 0.250. The topological polar surface area (TPSA) is 108 Å². The van der Waals surface area contributed by atoms with E-state index in [1.54, 1.807) is 12.5 Å². The van der Waals surface area contributed by atoms with E-state index >= 15 is 0 Å². The van der Waals surface area contributed by atoms with E-state index in [0.717, 1.165) is 74.7 Å². The molecule has 8 nitrogen and oxygen atoms in total. The van der Waals surface area contributed by atoms with Crippen LogP contribution in [0, 0.1) is 5.92 Å². The summed E-state index contributed by atoms with van der Waals surface area (Å²) in [7, 11) is 0. The molecule has 0 spiro atoms. The van der Waals surface area contributed by atoms with E-state index in [4.69, 9.17) is 9.40 Å². The van der Waals surface area contributed by atoms with Crippen molar-refractivity contribution in [3.05, 3.63) is 73.2 Å². The molecule has 184 valence electrons. The molecule has 1 saturated carbocycles. The largest absolute Gasteiger partial charge is 0.472 e. The molecule has 7 rings (SSSR count). The van der Waals surface area contributed by atoms with Crippen molar-refractivity contribution < 1.29 is 4.42 Å². The van der Waals surface area contributed by atoms with Crippen LogP contribution in [0.25, 0.3) is 55.7 Å². The van der Waals surface area contributed by atoms with E-state index in [1.807, 2.05) is 43.0 Å². The fourth-order valence-electron chi connectivity index (χ4n) is 5.43. The number of hydrogen-bond donors (Lipinski definition) is 3. The van der Waals surface area contributed by atoms with Crippen LogP contribution in [0.5, 0.6) is 0 Å². The Labute approximate surface area is 213 Å². The van der Waals surface area contributed by atoms with Gasteiger partial charge in [-0.25, -0.2) is 4.98 Å². The highest BCUT2D eigenvalue weighted by atomic mass is 16.3. The first-order valence-electron chi connectivity index (χ1n) is 12.8. The average Bonchev–Trinajstić information content (AvgIpc) is 3.74. The zero-order valence-corrected chi connectivity index (χ0v) is 20.4. The van der Waals surface area contributed by atoms with Crippen LogP contribution in [0.4, 0.5) is 0 Å². The van der Waals surface area contributed by atoms with Crippen LogP contribution in [0.2, 0.25) is 0 Å². The van der Waals surface area contributed by atoms with Crippen molar-refractivity contribution in [3.63, 3.8) is 0 Å². The maximum Gasteiger partial charge on any atom is 0.135 e. The molecule has 0 unspecified atom stereocenters. The number of fused-ring (bicyclic) bond motifs is 2. The summed E-state index contributed by atoms with van der Waals surface area (Å²) in [5.74, 6) is 0.816. The summed E-state index contributed by atoms with van der Waals surface area (Å²) < 4.78 is 5.29. The molecule has 1 aliphatic carbocycles. The Balaban J connectivity index is 1.20. The van der Waals surface area contributed by atoms with Gasteiger partial charge in [0.25, 0.3) is 0 Å². The average molecular weight is 490 g/mol. The summed E-state index contributed by atoms with van der Waals surface area (Å²) >= 11 is 0. The van der Waals surface area contributed by atoms with E-state index in [9.17, 15) is 0 Å². The minimum absolute atomic E-state index is 0.772. The van der Waals surface area contributed by atoms with Crippen molar-refractivity contribution in [2.45, 2.75) is 32.2 Å². The van der Waals surface area contributed by atoms with Gasteiger partial charge in [-0.2, -0.15) is 5.10 Å². The zero-order valence-electron chi connectivity index (χ0n) is 20.4. The molecule has 0 bridgehead atoms. The molecule has 0 radical (unpaired) electrons. The first-order valence-corrected chi connectivity index (χ1v) is 12.8. The van der Waals surface area contributed by atoms with Crippen LogP contribution in [0.3, 0.4) is 0 Å². The lowest BCUT2D eigenvalue weighted by atomic mass is 10.1. The van der Waals surface area contributed by atoms with Crippen molar-refractivity contribution in [1.82, 2.24) is 35.5 Å². The second kappa shape index (κ2) is 9.29. The number of rotatable bonds is 7. The Morgan fingerprint density at radius 1 is 0.946 bits per heavy atom. The summed E-state index contributed by atoms with van der Waals surface area (Å²) in [6, 6.07) is 10.3. The van der Waals surface area contributed by atoms with Crippen molar-refractivity contribution in [3.8, 4) is 33.8 Å². The third-order valence-corrected chi connectivity index (χ3v) is 7.37. The zero-order chi connectivity index (χ0) is 24.6. The second-order valence-electron chi connectivity index (χ2n) is 9.87. The Morgan fingerprint density at radius 3 is 2.76 bits per heavy atom. The molecule has 37 heavy (non-hydrogen) atoms. The van der Waals surface area contributed by atoms with Crippen LogP contribution in [-0.2, 0) is 6.54 Å². The highest BCUT2D eigenvalue weighted by Gasteiger charge is 2.17. The lowest BCUT2D eigenvalue weighted by Crippen LogP contribution is -2.20. The summed E-state index contributed by atoms with van der Waals surface area (Å²) in [5.41, 5.74) is 9.31. The third kappa shape index (κ3) is 4.19. The Bertz CT molecular complexity index is 1680. The molecule has 8 heteroatoms. The minimum atomic E-state index is 0.772. The molecule has 0 aliphatic heterocycles. The first kappa shape index (κ1) is 21.9. The van der Waals surface area contributed by atoms with Gasteiger partial charge >= 0.3 is 0 Å². The van der Waals surface area contributed by atoms with Gasteiger partial charge in [0.15, 0.2) is 0 Å². The Kier molecular flexibility index (Phi) is 5.51. The monoisotopic (exact) mass is 489 g/mol. The van der Waals surface area contributed by atoms with Crippen LogP contribution >= 0.6 is 0 Å². The van der Waals surface area contributed by atoms with Gasteiger partial charge in [-0.1, -0.05) is 12.8 Å². The van der Waals surface area contributed by atoms with Crippen molar-refractivity contribution in [2.75, 3.05) is 6.54 Å². The fraction of sp³-hybridized carbons (Fsp3) is 0.241. The van der Waals surface area contributed by atoms with E-state index < -0.39 is 0 Å². The first-order chi connectivity index (χ1) is 18.3.